The van der Waals surface area contributed by atoms with Gasteiger partial charge in [0, 0.05) is 13.7 Å². The maximum absolute atomic E-state index is 5.14. The fourth-order valence-corrected chi connectivity index (χ4v) is 0.612. The summed E-state index contributed by atoms with van der Waals surface area (Å²) in [4.78, 5) is 0. The molecule has 1 N–H and O–H groups in total. The van der Waals surface area contributed by atoms with Gasteiger partial charge in [0.2, 0.25) is 0 Å². The van der Waals surface area contributed by atoms with Crippen molar-refractivity contribution < 1.29 is 4.74 Å². The molecule has 2 nitrogen and oxygen atoms in total. The average Bonchev–Trinajstić information content (AvgIpc) is 2.11. The van der Waals surface area contributed by atoms with Crippen LogP contribution in [-0.4, -0.2) is 25.8 Å². The van der Waals surface area contributed by atoms with Gasteiger partial charge in [-0.1, -0.05) is 24.8 Å². The van der Waals surface area contributed by atoms with Crippen LogP contribution in [-0.2, 0) is 4.74 Å². The van der Waals surface area contributed by atoms with Crippen molar-refractivity contribution in [3.8, 4) is 11.8 Å². The van der Waals surface area contributed by atoms with Gasteiger partial charge in [0.15, 0.2) is 0 Å². The van der Waals surface area contributed by atoms with Crippen LogP contribution in [0.2, 0.25) is 0 Å². The van der Waals surface area contributed by atoms with Crippen LogP contribution in [0.15, 0.2) is 12.2 Å². The molecule has 0 saturated heterocycles. The molecule has 0 unspecified atom stereocenters. The first-order chi connectivity index (χ1) is 6.12. The van der Waals surface area contributed by atoms with Crippen molar-refractivity contribution in [3.05, 3.63) is 12.2 Å². The van der Waals surface area contributed by atoms with Crippen LogP contribution in [0.3, 0.4) is 0 Å². The van der Waals surface area contributed by atoms with Gasteiger partial charge in [-0.15, -0.1) is 0 Å². The van der Waals surface area contributed by atoms with Gasteiger partial charge in [0.05, 0.1) is 0 Å². The van der Waals surface area contributed by atoms with Crippen molar-refractivity contribution in [2.75, 3.05) is 20.2 Å². The molecule has 0 heterocycles. The van der Waals surface area contributed by atoms with E-state index in [1.54, 1.807) is 7.11 Å². The Morgan fingerprint density at radius 1 is 1.46 bits per heavy atom. The van der Waals surface area contributed by atoms with Crippen molar-refractivity contribution in [1.29, 1.82) is 0 Å². The monoisotopic (exact) mass is 181 g/mol. The van der Waals surface area contributed by atoms with E-state index in [0.29, 0.717) is 0 Å². The van der Waals surface area contributed by atoms with Crippen LogP contribution in [0, 0.1) is 11.8 Å². The lowest BCUT2D eigenvalue weighted by Gasteiger charge is -2.13. The second-order valence-corrected chi connectivity index (χ2v) is 3.19. The Hall–Kier alpha value is -0.780. The molecule has 0 aliphatic carbocycles. The minimum absolute atomic E-state index is 0.345. The summed E-state index contributed by atoms with van der Waals surface area (Å²) < 4.78 is 5.14. The summed E-state index contributed by atoms with van der Waals surface area (Å²) in [6, 6.07) is 0. The lowest BCUT2D eigenvalue weighted by atomic mass is 10.1. The van der Waals surface area contributed by atoms with Gasteiger partial charge in [0.25, 0.3) is 0 Å². The van der Waals surface area contributed by atoms with E-state index < -0.39 is 0 Å². The van der Waals surface area contributed by atoms with Crippen LogP contribution in [0.5, 0.6) is 0 Å². The summed E-state index contributed by atoms with van der Waals surface area (Å²) in [5.41, 5.74) is -0.345. The molecule has 0 atom stereocenters. The van der Waals surface area contributed by atoms with Gasteiger partial charge in [-0.3, -0.25) is 0 Å². The molecular weight excluding hydrogens is 162 g/mol. The van der Waals surface area contributed by atoms with Gasteiger partial charge < -0.3 is 10.1 Å². The van der Waals surface area contributed by atoms with Crippen LogP contribution in [0.4, 0.5) is 0 Å². The number of methoxy groups -OCH3 is 1. The summed E-state index contributed by atoms with van der Waals surface area (Å²) in [6.07, 6.45) is 3.85. The summed E-state index contributed by atoms with van der Waals surface area (Å²) >= 11 is 0. The highest BCUT2D eigenvalue weighted by Crippen LogP contribution is 2.03. The SMILES string of the molecule is CCNCC=CC#CC(C)(C)OC. The van der Waals surface area contributed by atoms with Crippen molar-refractivity contribution in [3.63, 3.8) is 0 Å². The number of likely N-dealkylation sites (N-methyl/N-ethyl adjacent to an activating group) is 1. The third-order valence-corrected chi connectivity index (χ3v) is 1.60. The first-order valence-electron chi connectivity index (χ1n) is 4.56. The molecule has 2 heteroatoms. The quantitative estimate of drug-likeness (QED) is 0.525. The molecule has 0 aromatic carbocycles. The third kappa shape index (κ3) is 7.58. The zero-order valence-corrected chi connectivity index (χ0v) is 8.98. The van der Waals surface area contributed by atoms with Crippen LogP contribution >= 0.6 is 0 Å². The highest BCUT2D eigenvalue weighted by Gasteiger charge is 2.09. The van der Waals surface area contributed by atoms with Crippen molar-refractivity contribution in [2.45, 2.75) is 26.4 Å². The van der Waals surface area contributed by atoms with Crippen molar-refractivity contribution in [1.82, 2.24) is 5.32 Å². The van der Waals surface area contributed by atoms with E-state index in [0.717, 1.165) is 13.1 Å². The molecule has 0 aliphatic heterocycles. The Kier molecular flexibility index (Phi) is 6.30. The summed E-state index contributed by atoms with van der Waals surface area (Å²) in [5.74, 6) is 5.94. The molecule has 0 spiro atoms. The van der Waals surface area contributed by atoms with E-state index in [-0.39, 0.29) is 5.60 Å². The number of nitrogens with one attached hydrogen (secondary N) is 1. The summed E-state index contributed by atoms with van der Waals surface area (Å²) in [6.45, 7) is 7.82. The Bertz CT molecular complexity index is 208. The highest BCUT2D eigenvalue weighted by atomic mass is 16.5. The Morgan fingerprint density at radius 2 is 2.15 bits per heavy atom. The minimum atomic E-state index is -0.345. The fourth-order valence-electron chi connectivity index (χ4n) is 0.612. The summed E-state index contributed by atoms with van der Waals surface area (Å²) in [7, 11) is 1.66. The molecule has 0 fully saturated rings. The number of hydrogen-bond donors (Lipinski definition) is 1. The largest absolute Gasteiger partial charge is 0.366 e. The molecular formula is C11H19NO. The Labute approximate surface area is 81.4 Å². The van der Waals surface area contributed by atoms with Gasteiger partial charge in [-0.05, 0) is 26.5 Å². The van der Waals surface area contributed by atoms with Crippen molar-refractivity contribution in [2.24, 2.45) is 0 Å². The van der Waals surface area contributed by atoms with E-state index in [1.165, 1.54) is 0 Å². The highest BCUT2D eigenvalue weighted by molar-refractivity contribution is 5.21. The normalized spacial score (nSPS) is 11.4. The smallest absolute Gasteiger partial charge is 0.123 e. The van der Waals surface area contributed by atoms with Crippen LogP contribution < -0.4 is 5.32 Å². The van der Waals surface area contributed by atoms with E-state index in [9.17, 15) is 0 Å². The lowest BCUT2D eigenvalue weighted by molar-refractivity contribution is 0.0742. The molecule has 0 aromatic heterocycles. The molecule has 0 aliphatic rings. The van der Waals surface area contributed by atoms with Gasteiger partial charge in [0.1, 0.15) is 5.60 Å². The fraction of sp³-hybridized carbons (Fsp3) is 0.636. The second kappa shape index (κ2) is 6.71. The molecule has 0 radical (unpaired) electrons. The average molecular weight is 181 g/mol. The Balaban J connectivity index is 3.78. The zero-order valence-electron chi connectivity index (χ0n) is 8.98. The molecule has 0 rings (SSSR count). The number of allylic oxidation sites excluding steroid dienone is 1. The minimum Gasteiger partial charge on any atom is -0.366 e. The van der Waals surface area contributed by atoms with Crippen molar-refractivity contribution >= 4 is 0 Å². The second-order valence-electron chi connectivity index (χ2n) is 3.19. The lowest BCUT2D eigenvalue weighted by Crippen LogP contribution is -2.19. The van der Waals surface area contributed by atoms with Gasteiger partial charge in [-0.2, -0.15) is 0 Å². The molecule has 0 aromatic rings. The molecule has 74 valence electrons. The molecule has 0 amide bonds. The first-order valence-corrected chi connectivity index (χ1v) is 4.56. The predicted molar refractivity (Wildman–Crippen MR) is 56.5 cm³/mol. The van der Waals surface area contributed by atoms with Gasteiger partial charge in [-0.25, -0.2) is 0 Å². The third-order valence-electron chi connectivity index (χ3n) is 1.60. The summed E-state index contributed by atoms with van der Waals surface area (Å²) in [5, 5.41) is 3.17. The number of ether oxygens (including phenoxy) is 1. The van der Waals surface area contributed by atoms with Crippen LogP contribution in [0.1, 0.15) is 20.8 Å². The zero-order chi connectivity index (χ0) is 10.2. The standard InChI is InChI=1S/C11H19NO/c1-5-12-10-8-6-7-9-11(2,3)13-4/h6,8,12H,5,10H2,1-4H3. The van der Waals surface area contributed by atoms with Crippen LogP contribution in [0.25, 0.3) is 0 Å². The van der Waals surface area contributed by atoms with E-state index in [4.69, 9.17) is 4.74 Å². The number of rotatable bonds is 4. The maximum Gasteiger partial charge on any atom is 0.123 e. The maximum atomic E-state index is 5.14. The Morgan fingerprint density at radius 3 is 2.69 bits per heavy atom. The van der Waals surface area contributed by atoms with E-state index >= 15 is 0 Å². The van der Waals surface area contributed by atoms with Gasteiger partial charge >= 0.3 is 0 Å². The predicted octanol–water partition coefficient (Wildman–Crippen LogP) is 1.58. The molecule has 0 bridgehead atoms. The molecule has 0 saturated carbocycles. The first kappa shape index (κ1) is 12.2. The molecule has 13 heavy (non-hydrogen) atoms. The number of hydrogen-bond acceptors (Lipinski definition) is 2. The van der Waals surface area contributed by atoms with E-state index in [1.807, 2.05) is 26.0 Å². The topological polar surface area (TPSA) is 21.3 Å². The van der Waals surface area contributed by atoms with E-state index in [2.05, 4.69) is 24.1 Å².